The van der Waals surface area contributed by atoms with Crippen LogP contribution in [0.3, 0.4) is 0 Å². The zero-order valence-electron chi connectivity index (χ0n) is 12.6. The normalized spacial score (nSPS) is 24.9. The third kappa shape index (κ3) is 2.48. The number of allylic oxidation sites excluding steroid dienone is 1. The van der Waals surface area contributed by atoms with Gasteiger partial charge in [0.25, 0.3) is 5.91 Å². The molecule has 2 heterocycles. The smallest absolute Gasteiger partial charge is 0.282 e. The van der Waals surface area contributed by atoms with Crippen molar-refractivity contribution >= 4 is 17.7 Å². The number of nitrogens with one attached hydrogen (secondary N) is 1. The molecule has 0 aromatic heterocycles. The van der Waals surface area contributed by atoms with Gasteiger partial charge in [-0.3, -0.25) is 14.4 Å². The molecule has 3 aliphatic rings. The van der Waals surface area contributed by atoms with E-state index in [4.69, 9.17) is 0 Å². The Morgan fingerprint density at radius 2 is 1.91 bits per heavy atom. The van der Waals surface area contributed by atoms with Gasteiger partial charge in [0.2, 0.25) is 11.8 Å². The minimum atomic E-state index is -0.610. The van der Waals surface area contributed by atoms with Crippen molar-refractivity contribution in [2.24, 2.45) is 5.92 Å². The molecular weight excluding hydrogens is 289 g/mol. The Kier molecular flexibility index (Phi) is 3.88. The molecular formula is C15H20FN3O3. The van der Waals surface area contributed by atoms with Gasteiger partial charge in [0.1, 0.15) is 0 Å². The second-order valence-electron chi connectivity index (χ2n) is 6.20. The van der Waals surface area contributed by atoms with Crippen LogP contribution in [0.5, 0.6) is 0 Å². The predicted octanol–water partition coefficient (Wildman–Crippen LogP) is 0.199. The zero-order chi connectivity index (χ0) is 15.9. The van der Waals surface area contributed by atoms with Crippen LogP contribution in [0.1, 0.15) is 25.7 Å². The van der Waals surface area contributed by atoms with E-state index in [1.54, 1.807) is 11.9 Å². The molecule has 2 saturated heterocycles. The maximum absolute atomic E-state index is 13.9. The van der Waals surface area contributed by atoms with Gasteiger partial charge in [-0.1, -0.05) is 0 Å². The summed E-state index contributed by atoms with van der Waals surface area (Å²) in [5.74, 6) is -1.69. The van der Waals surface area contributed by atoms with E-state index in [9.17, 15) is 18.8 Å². The number of halogens is 1. The molecule has 0 bridgehead atoms. The van der Waals surface area contributed by atoms with Gasteiger partial charge in [-0.25, -0.2) is 4.39 Å². The molecule has 22 heavy (non-hydrogen) atoms. The largest absolute Gasteiger partial charge is 0.359 e. The van der Waals surface area contributed by atoms with E-state index in [2.05, 4.69) is 5.32 Å². The average molecular weight is 309 g/mol. The summed E-state index contributed by atoms with van der Waals surface area (Å²) >= 11 is 0. The molecule has 0 aromatic rings. The van der Waals surface area contributed by atoms with E-state index >= 15 is 0 Å². The molecule has 2 aliphatic heterocycles. The molecule has 0 radical (unpaired) electrons. The van der Waals surface area contributed by atoms with Gasteiger partial charge in [-0.15, -0.1) is 0 Å². The molecule has 0 aromatic carbocycles. The summed E-state index contributed by atoms with van der Waals surface area (Å²) in [7, 11) is 1.55. The highest BCUT2D eigenvalue weighted by molar-refractivity contribution is 5.93. The highest BCUT2D eigenvalue weighted by Crippen LogP contribution is 2.32. The molecule has 1 aliphatic carbocycles. The number of carbonyl (C=O) groups is 3. The molecule has 0 spiro atoms. The average Bonchev–Trinajstić information content (AvgIpc) is 2.76. The van der Waals surface area contributed by atoms with E-state index < -0.39 is 11.7 Å². The van der Waals surface area contributed by atoms with E-state index in [0.29, 0.717) is 38.0 Å². The summed E-state index contributed by atoms with van der Waals surface area (Å²) < 4.78 is 13.9. The lowest BCUT2D eigenvalue weighted by Crippen LogP contribution is -2.61. The predicted molar refractivity (Wildman–Crippen MR) is 76.2 cm³/mol. The van der Waals surface area contributed by atoms with Crippen LogP contribution >= 0.6 is 0 Å². The van der Waals surface area contributed by atoms with Crippen molar-refractivity contribution < 1.29 is 18.8 Å². The number of likely N-dealkylation sites (tertiary alicyclic amines) is 2. The first-order valence-electron chi connectivity index (χ1n) is 7.69. The molecule has 1 unspecified atom stereocenters. The van der Waals surface area contributed by atoms with Crippen LogP contribution in [0.4, 0.5) is 4.39 Å². The number of hydrogen-bond donors (Lipinski definition) is 1. The molecule has 1 N–H and O–H groups in total. The van der Waals surface area contributed by atoms with Crippen LogP contribution < -0.4 is 5.32 Å². The third-order valence-electron chi connectivity index (χ3n) is 4.82. The lowest BCUT2D eigenvalue weighted by atomic mass is 9.91. The van der Waals surface area contributed by atoms with Crippen LogP contribution in [0.2, 0.25) is 0 Å². The fourth-order valence-electron chi connectivity index (χ4n) is 3.15. The summed E-state index contributed by atoms with van der Waals surface area (Å²) in [5.41, 5.74) is 0.616. The van der Waals surface area contributed by atoms with E-state index in [0.717, 1.165) is 6.42 Å². The summed E-state index contributed by atoms with van der Waals surface area (Å²) in [4.78, 5) is 38.6. The zero-order valence-corrected chi connectivity index (χ0v) is 12.6. The summed E-state index contributed by atoms with van der Waals surface area (Å²) in [6.45, 7) is 1.09. The number of nitrogens with zero attached hydrogens (tertiary/aromatic N) is 2. The molecule has 6 nitrogen and oxygen atoms in total. The van der Waals surface area contributed by atoms with Gasteiger partial charge in [0, 0.05) is 33.1 Å². The molecule has 3 rings (SSSR count). The second-order valence-corrected chi connectivity index (χ2v) is 6.20. The fraction of sp³-hybridized carbons (Fsp3) is 0.667. The van der Waals surface area contributed by atoms with E-state index in [-0.39, 0.29) is 30.2 Å². The van der Waals surface area contributed by atoms with Gasteiger partial charge < -0.3 is 15.1 Å². The quantitative estimate of drug-likeness (QED) is 0.757. The maximum Gasteiger partial charge on any atom is 0.282 e. The minimum Gasteiger partial charge on any atom is -0.359 e. The highest BCUT2D eigenvalue weighted by Gasteiger charge is 2.44. The molecule has 1 atom stereocenters. The number of amides is 3. The van der Waals surface area contributed by atoms with Crippen molar-refractivity contribution in [3.8, 4) is 0 Å². The highest BCUT2D eigenvalue weighted by atomic mass is 19.1. The molecule has 1 saturated carbocycles. The summed E-state index contributed by atoms with van der Waals surface area (Å²) in [5, 5.41) is 2.55. The van der Waals surface area contributed by atoms with Crippen molar-refractivity contribution in [1.29, 1.82) is 0 Å². The molecule has 3 amide bonds. The Balaban J connectivity index is 1.54. The first kappa shape index (κ1) is 15.0. The summed E-state index contributed by atoms with van der Waals surface area (Å²) in [6.07, 6.45) is 2.50. The van der Waals surface area contributed by atoms with E-state index in [1.807, 2.05) is 0 Å². The van der Waals surface area contributed by atoms with Crippen molar-refractivity contribution in [1.82, 2.24) is 15.1 Å². The van der Waals surface area contributed by atoms with Crippen molar-refractivity contribution in [2.45, 2.75) is 31.7 Å². The molecule has 120 valence electrons. The number of rotatable bonds is 3. The van der Waals surface area contributed by atoms with E-state index in [1.165, 1.54) is 4.90 Å². The Morgan fingerprint density at radius 1 is 1.23 bits per heavy atom. The Labute approximate surface area is 128 Å². The van der Waals surface area contributed by atoms with Crippen LogP contribution in [-0.4, -0.2) is 60.2 Å². The maximum atomic E-state index is 13.9. The first-order chi connectivity index (χ1) is 10.5. The standard InChI is InChI=1S/C15H20FN3O3/c1-17-14(21)10-5-12(20)19(6-10)11-7-18(8-11)15(22)13(16)9-3-2-4-9/h10-11H,2-8H2,1H3,(H,17,21). The topological polar surface area (TPSA) is 69.7 Å². The van der Waals surface area contributed by atoms with Crippen molar-refractivity contribution in [3.05, 3.63) is 11.4 Å². The van der Waals surface area contributed by atoms with Crippen LogP contribution in [0, 0.1) is 5.92 Å². The van der Waals surface area contributed by atoms with Crippen LogP contribution in [0.15, 0.2) is 11.4 Å². The van der Waals surface area contributed by atoms with Gasteiger partial charge in [0.15, 0.2) is 5.83 Å². The molecule has 7 heteroatoms. The second kappa shape index (κ2) is 5.70. The van der Waals surface area contributed by atoms with Crippen LogP contribution in [-0.2, 0) is 14.4 Å². The Morgan fingerprint density at radius 3 is 2.45 bits per heavy atom. The van der Waals surface area contributed by atoms with Crippen molar-refractivity contribution in [2.75, 3.05) is 26.7 Å². The SMILES string of the molecule is CNC(=O)C1CC(=O)N(C2CN(C(=O)C(F)=C3CCC3)C2)C1. The lowest BCUT2D eigenvalue weighted by Gasteiger charge is -2.44. The number of hydrogen-bond acceptors (Lipinski definition) is 3. The molecule has 3 fully saturated rings. The monoisotopic (exact) mass is 309 g/mol. The lowest BCUT2D eigenvalue weighted by molar-refractivity contribution is -0.142. The third-order valence-corrected chi connectivity index (χ3v) is 4.82. The first-order valence-corrected chi connectivity index (χ1v) is 7.69. The van der Waals surface area contributed by atoms with Crippen LogP contribution in [0.25, 0.3) is 0 Å². The van der Waals surface area contributed by atoms with Gasteiger partial charge >= 0.3 is 0 Å². The van der Waals surface area contributed by atoms with Gasteiger partial charge in [-0.05, 0) is 24.8 Å². The van der Waals surface area contributed by atoms with Gasteiger partial charge in [-0.2, -0.15) is 0 Å². The van der Waals surface area contributed by atoms with Gasteiger partial charge in [0.05, 0.1) is 12.0 Å². The Bertz CT molecular complexity index is 548. The van der Waals surface area contributed by atoms with Crippen molar-refractivity contribution in [3.63, 3.8) is 0 Å². The Hall–Kier alpha value is -1.92. The number of carbonyl (C=O) groups excluding carboxylic acids is 3. The minimum absolute atomic E-state index is 0.0662. The fourth-order valence-corrected chi connectivity index (χ4v) is 3.15. The summed E-state index contributed by atoms with van der Waals surface area (Å²) in [6, 6.07) is -0.0923.